The molecular formula is C19H30O2. The van der Waals surface area contributed by atoms with Gasteiger partial charge >= 0.3 is 5.97 Å². The Morgan fingerprint density at radius 3 is 2.29 bits per heavy atom. The van der Waals surface area contributed by atoms with E-state index in [0.29, 0.717) is 12.3 Å². The number of ether oxygens (including phenoxy) is 1. The summed E-state index contributed by atoms with van der Waals surface area (Å²) in [5.74, 6) is 0.990. The minimum atomic E-state index is -0.100. The van der Waals surface area contributed by atoms with Crippen LogP contribution in [-0.2, 0) is 4.79 Å². The summed E-state index contributed by atoms with van der Waals surface area (Å²) in [6.45, 7) is 6.46. The van der Waals surface area contributed by atoms with Crippen LogP contribution < -0.4 is 4.74 Å². The van der Waals surface area contributed by atoms with Gasteiger partial charge < -0.3 is 4.74 Å². The molecule has 0 bridgehead atoms. The minimum absolute atomic E-state index is 0.100. The second-order valence-electron chi connectivity index (χ2n) is 6.04. The quantitative estimate of drug-likeness (QED) is 0.306. The normalized spacial score (nSPS) is 10.9. The maximum atomic E-state index is 11.9. The van der Waals surface area contributed by atoms with Crippen LogP contribution in [0.5, 0.6) is 5.75 Å². The van der Waals surface area contributed by atoms with Gasteiger partial charge in [-0.05, 0) is 24.0 Å². The molecule has 0 aliphatic carbocycles. The lowest BCUT2D eigenvalue weighted by atomic mass is 10.0. The summed E-state index contributed by atoms with van der Waals surface area (Å²) in [4.78, 5) is 11.9. The highest BCUT2D eigenvalue weighted by Gasteiger charge is 2.10. The molecule has 21 heavy (non-hydrogen) atoms. The molecule has 0 N–H and O–H groups in total. The Hall–Kier alpha value is -1.31. The summed E-state index contributed by atoms with van der Waals surface area (Å²) in [6.07, 6.45) is 9.05. The van der Waals surface area contributed by atoms with E-state index in [1.165, 1.54) is 32.1 Å². The van der Waals surface area contributed by atoms with Crippen molar-refractivity contribution in [2.24, 2.45) is 0 Å². The average Bonchev–Trinajstić information content (AvgIpc) is 2.46. The topological polar surface area (TPSA) is 26.3 Å². The first-order valence-electron chi connectivity index (χ1n) is 8.44. The van der Waals surface area contributed by atoms with Crippen LogP contribution in [0.2, 0.25) is 0 Å². The molecule has 0 fully saturated rings. The van der Waals surface area contributed by atoms with Gasteiger partial charge in [0.1, 0.15) is 5.75 Å². The molecule has 0 atom stereocenters. The molecule has 0 saturated heterocycles. The molecule has 0 aromatic heterocycles. The number of para-hydroxylation sites is 1. The van der Waals surface area contributed by atoms with Gasteiger partial charge in [0, 0.05) is 6.42 Å². The van der Waals surface area contributed by atoms with Gasteiger partial charge in [0.25, 0.3) is 0 Å². The van der Waals surface area contributed by atoms with Crippen LogP contribution in [-0.4, -0.2) is 5.97 Å². The van der Waals surface area contributed by atoms with E-state index in [4.69, 9.17) is 4.74 Å². The highest BCUT2D eigenvalue weighted by molar-refractivity contribution is 5.72. The number of benzene rings is 1. The van der Waals surface area contributed by atoms with E-state index < -0.39 is 0 Å². The number of rotatable bonds is 10. The van der Waals surface area contributed by atoms with Crippen molar-refractivity contribution in [1.29, 1.82) is 0 Å². The second-order valence-corrected chi connectivity index (χ2v) is 6.04. The van der Waals surface area contributed by atoms with E-state index >= 15 is 0 Å². The molecule has 0 radical (unpaired) electrons. The van der Waals surface area contributed by atoms with Crippen molar-refractivity contribution in [2.75, 3.05) is 0 Å². The monoisotopic (exact) mass is 290 g/mol. The molecule has 0 saturated carbocycles. The van der Waals surface area contributed by atoms with Crippen LogP contribution in [0, 0.1) is 0 Å². The number of esters is 1. The lowest BCUT2D eigenvalue weighted by Gasteiger charge is -2.12. The third-order valence-electron chi connectivity index (χ3n) is 3.75. The molecule has 1 aromatic rings. The molecule has 2 heteroatoms. The first-order chi connectivity index (χ1) is 10.1. The number of unbranched alkanes of at least 4 members (excludes halogenated alkanes) is 6. The Kier molecular flexibility index (Phi) is 8.80. The van der Waals surface area contributed by atoms with Crippen LogP contribution in [0.25, 0.3) is 0 Å². The van der Waals surface area contributed by atoms with Gasteiger partial charge in [-0.25, -0.2) is 0 Å². The Bertz CT molecular complexity index is 410. The lowest BCUT2D eigenvalue weighted by molar-refractivity contribution is -0.134. The van der Waals surface area contributed by atoms with E-state index in [-0.39, 0.29) is 5.97 Å². The molecule has 1 rings (SSSR count). The average molecular weight is 290 g/mol. The van der Waals surface area contributed by atoms with Crippen molar-refractivity contribution in [3.05, 3.63) is 29.8 Å². The molecule has 0 heterocycles. The van der Waals surface area contributed by atoms with Crippen LogP contribution in [0.15, 0.2) is 24.3 Å². The molecule has 1 aromatic carbocycles. The van der Waals surface area contributed by atoms with Gasteiger partial charge in [0.15, 0.2) is 0 Å². The van der Waals surface area contributed by atoms with Gasteiger partial charge in [0.05, 0.1) is 0 Å². The zero-order valence-corrected chi connectivity index (χ0v) is 13.9. The van der Waals surface area contributed by atoms with Gasteiger partial charge in [-0.3, -0.25) is 4.79 Å². The molecule has 118 valence electrons. The predicted octanol–water partition coefficient (Wildman–Crippen LogP) is 5.86. The molecule has 2 nitrogen and oxygen atoms in total. The number of carbonyl (C=O) groups excluding carboxylic acids is 1. The van der Waals surface area contributed by atoms with Crippen molar-refractivity contribution in [3.8, 4) is 5.75 Å². The molecule has 0 aliphatic rings. The van der Waals surface area contributed by atoms with Crippen LogP contribution in [0.3, 0.4) is 0 Å². The Balaban J connectivity index is 2.25. The van der Waals surface area contributed by atoms with E-state index in [2.05, 4.69) is 20.8 Å². The van der Waals surface area contributed by atoms with E-state index in [1.807, 2.05) is 24.3 Å². The minimum Gasteiger partial charge on any atom is -0.426 e. The van der Waals surface area contributed by atoms with Crippen LogP contribution >= 0.6 is 0 Å². The van der Waals surface area contributed by atoms with Crippen molar-refractivity contribution in [1.82, 2.24) is 0 Å². The fourth-order valence-corrected chi connectivity index (χ4v) is 2.45. The molecule has 0 amide bonds. The van der Waals surface area contributed by atoms with Crippen molar-refractivity contribution < 1.29 is 9.53 Å². The molecular weight excluding hydrogens is 260 g/mol. The van der Waals surface area contributed by atoms with Crippen molar-refractivity contribution in [3.63, 3.8) is 0 Å². The SMILES string of the molecule is CCCCCCCCCC(=O)Oc1ccccc1C(C)C. The zero-order valence-electron chi connectivity index (χ0n) is 13.9. The fraction of sp³-hybridized carbons (Fsp3) is 0.632. The Morgan fingerprint density at radius 1 is 1.00 bits per heavy atom. The highest BCUT2D eigenvalue weighted by atomic mass is 16.5. The van der Waals surface area contributed by atoms with Gasteiger partial charge in [0.2, 0.25) is 0 Å². The van der Waals surface area contributed by atoms with Crippen molar-refractivity contribution >= 4 is 5.97 Å². The smallest absolute Gasteiger partial charge is 0.311 e. The number of hydrogen-bond donors (Lipinski definition) is 0. The third kappa shape index (κ3) is 7.31. The molecule has 0 spiro atoms. The standard InChI is InChI=1S/C19H30O2/c1-4-5-6-7-8-9-10-15-19(20)21-18-14-12-11-13-17(18)16(2)3/h11-14,16H,4-10,15H2,1-3H3. The third-order valence-corrected chi connectivity index (χ3v) is 3.75. The van der Waals surface area contributed by atoms with Crippen molar-refractivity contribution in [2.45, 2.75) is 78.1 Å². The summed E-state index contributed by atoms with van der Waals surface area (Å²) in [5.41, 5.74) is 1.10. The summed E-state index contributed by atoms with van der Waals surface area (Å²) < 4.78 is 5.51. The van der Waals surface area contributed by atoms with Crippen LogP contribution in [0.4, 0.5) is 0 Å². The second kappa shape index (κ2) is 10.4. The van der Waals surface area contributed by atoms with Gasteiger partial charge in [-0.15, -0.1) is 0 Å². The summed E-state index contributed by atoms with van der Waals surface area (Å²) in [5, 5.41) is 0. The first-order valence-corrected chi connectivity index (χ1v) is 8.44. The summed E-state index contributed by atoms with van der Waals surface area (Å²) >= 11 is 0. The predicted molar refractivity (Wildman–Crippen MR) is 88.8 cm³/mol. The summed E-state index contributed by atoms with van der Waals surface area (Å²) in [7, 11) is 0. The van der Waals surface area contributed by atoms with E-state index in [0.717, 1.165) is 24.2 Å². The largest absolute Gasteiger partial charge is 0.426 e. The lowest BCUT2D eigenvalue weighted by Crippen LogP contribution is -2.09. The maximum Gasteiger partial charge on any atom is 0.311 e. The van der Waals surface area contributed by atoms with E-state index in [1.54, 1.807) is 0 Å². The highest BCUT2D eigenvalue weighted by Crippen LogP contribution is 2.26. The van der Waals surface area contributed by atoms with E-state index in [9.17, 15) is 4.79 Å². The maximum absolute atomic E-state index is 11.9. The number of hydrogen-bond acceptors (Lipinski definition) is 2. The molecule has 0 aliphatic heterocycles. The zero-order chi connectivity index (χ0) is 15.5. The number of carbonyl (C=O) groups is 1. The fourth-order valence-electron chi connectivity index (χ4n) is 2.45. The summed E-state index contributed by atoms with van der Waals surface area (Å²) in [6, 6.07) is 7.82. The van der Waals surface area contributed by atoms with Gasteiger partial charge in [-0.1, -0.05) is 77.5 Å². The first kappa shape index (κ1) is 17.7. The van der Waals surface area contributed by atoms with Crippen LogP contribution in [0.1, 0.15) is 83.6 Å². The van der Waals surface area contributed by atoms with Gasteiger partial charge in [-0.2, -0.15) is 0 Å². The Morgan fingerprint density at radius 2 is 1.62 bits per heavy atom. The Labute approximate surface area is 129 Å². The molecule has 0 unspecified atom stereocenters.